The number of halogens is 2. The Hall–Kier alpha value is -1.96. The number of hydrogen-bond acceptors (Lipinski definition) is 3. The van der Waals surface area contributed by atoms with E-state index in [0.717, 1.165) is 6.07 Å². The maximum absolute atomic E-state index is 13.1. The molecule has 0 radical (unpaired) electrons. The number of aliphatic carboxylic acids is 1. The Morgan fingerprint density at radius 3 is 2.68 bits per heavy atom. The van der Waals surface area contributed by atoms with Gasteiger partial charge in [0, 0.05) is 23.5 Å². The Balaban J connectivity index is 2.40. The fraction of sp³-hybridized carbons (Fsp3) is 0.357. The van der Waals surface area contributed by atoms with Crippen molar-refractivity contribution in [3.05, 3.63) is 34.1 Å². The van der Waals surface area contributed by atoms with E-state index in [0.29, 0.717) is 4.47 Å². The number of carboxylic acid groups (broad SMARTS) is 1. The molecule has 3 N–H and O–H groups in total. The van der Waals surface area contributed by atoms with Crippen molar-refractivity contribution in [2.24, 2.45) is 0 Å². The Morgan fingerprint density at radius 2 is 2.05 bits per heavy atom. The molecular formula is C14H16BrFN2O4. The summed E-state index contributed by atoms with van der Waals surface area (Å²) in [6, 6.07) is 3.25. The van der Waals surface area contributed by atoms with E-state index < -0.39 is 23.7 Å². The number of amides is 2. The van der Waals surface area contributed by atoms with Gasteiger partial charge in [-0.25, -0.2) is 4.39 Å². The number of benzene rings is 1. The summed E-state index contributed by atoms with van der Waals surface area (Å²) < 4.78 is 13.5. The first-order valence-corrected chi connectivity index (χ1v) is 7.33. The van der Waals surface area contributed by atoms with E-state index in [2.05, 4.69) is 26.6 Å². The second-order valence-electron chi connectivity index (χ2n) is 4.70. The third-order valence-electron chi connectivity index (χ3n) is 2.70. The third kappa shape index (κ3) is 6.21. The average molecular weight is 375 g/mol. The van der Waals surface area contributed by atoms with Crippen LogP contribution in [-0.2, 0) is 9.59 Å². The highest BCUT2D eigenvalue weighted by molar-refractivity contribution is 9.10. The summed E-state index contributed by atoms with van der Waals surface area (Å²) in [5.41, 5.74) is 0.139. The minimum atomic E-state index is -1.00. The normalized spacial score (nSPS) is 11.6. The average Bonchev–Trinajstić information content (AvgIpc) is 2.40. The molecule has 0 aliphatic heterocycles. The van der Waals surface area contributed by atoms with E-state index in [1.165, 1.54) is 12.1 Å². The lowest BCUT2D eigenvalue weighted by atomic mass is 10.2. The van der Waals surface area contributed by atoms with E-state index in [9.17, 15) is 18.8 Å². The molecule has 0 aliphatic carbocycles. The SMILES string of the molecule is CC(CC(=O)O)NC(=O)CCNC(=O)c1cc(F)ccc1Br. The Morgan fingerprint density at radius 1 is 1.36 bits per heavy atom. The lowest BCUT2D eigenvalue weighted by Gasteiger charge is -2.12. The molecule has 0 aliphatic rings. The van der Waals surface area contributed by atoms with E-state index in [1.54, 1.807) is 6.92 Å². The van der Waals surface area contributed by atoms with Gasteiger partial charge in [0.1, 0.15) is 5.82 Å². The topological polar surface area (TPSA) is 95.5 Å². The summed E-state index contributed by atoms with van der Waals surface area (Å²) in [5, 5.41) is 13.6. The van der Waals surface area contributed by atoms with E-state index in [-0.39, 0.29) is 30.9 Å². The highest BCUT2D eigenvalue weighted by Gasteiger charge is 2.13. The molecule has 22 heavy (non-hydrogen) atoms. The maximum atomic E-state index is 13.1. The summed E-state index contributed by atoms with van der Waals surface area (Å²) in [7, 11) is 0. The number of nitrogens with one attached hydrogen (secondary N) is 2. The molecule has 0 bridgehead atoms. The van der Waals surface area contributed by atoms with Crippen molar-refractivity contribution in [1.29, 1.82) is 0 Å². The van der Waals surface area contributed by atoms with Crippen LogP contribution in [0.2, 0.25) is 0 Å². The molecule has 1 unspecified atom stereocenters. The van der Waals surface area contributed by atoms with Crippen molar-refractivity contribution in [2.45, 2.75) is 25.8 Å². The lowest BCUT2D eigenvalue weighted by Crippen LogP contribution is -2.36. The fourth-order valence-electron chi connectivity index (χ4n) is 1.72. The van der Waals surface area contributed by atoms with Gasteiger partial charge in [0.15, 0.2) is 0 Å². The van der Waals surface area contributed by atoms with E-state index in [1.807, 2.05) is 0 Å². The molecular weight excluding hydrogens is 359 g/mol. The molecule has 0 spiro atoms. The van der Waals surface area contributed by atoms with Crippen LogP contribution in [0.15, 0.2) is 22.7 Å². The Kier molecular flexibility index (Phi) is 6.97. The second kappa shape index (κ2) is 8.47. The molecule has 0 saturated heterocycles. The monoisotopic (exact) mass is 374 g/mol. The van der Waals surface area contributed by atoms with Gasteiger partial charge in [-0.1, -0.05) is 0 Å². The molecule has 0 saturated carbocycles. The number of hydrogen-bond donors (Lipinski definition) is 3. The van der Waals surface area contributed by atoms with Crippen LogP contribution in [0.1, 0.15) is 30.1 Å². The molecule has 1 rings (SSSR count). The van der Waals surface area contributed by atoms with Crippen LogP contribution in [-0.4, -0.2) is 35.5 Å². The Bertz CT molecular complexity index is 580. The van der Waals surface area contributed by atoms with Gasteiger partial charge >= 0.3 is 5.97 Å². The minimum absolute atomic E-state index is 0.00261. The molecule has 0 heterocycles. The highest BCUT2D eigenvalue weighted by atomic mass is 79.9. The molecule has 0 fully saturated rings. The zero-order chi connectivity index (χ0) is 16.7. The summed E-state index contributed by atoms with van der Waals surface area (Å²) in [4.78, 5) is 33.9. The quantitative estimate of drug-likeness (QED) is 0.676. The summed E-state index contributed by atoms with van der Waals surface area (Å²) in [6.45, 7) is 1.64. The van der Waals surface area contributed by atoms with Crippen molar-refractivity contribution in [3.63, 3.8) is 0 Å². The van der Waals surface area contributed by atoms with E-state index >= 15 is 0 Å². The highest BCUT2D eigenvalue weighted by Crippen LogP contribution is 2.17. The molecule has 1 aromatic carbocycles. The van der Waals surface area contributed by atoms with Crippen LogP contribution in [0.5, 0.6) is 0 Å². The smallest absolute Gasteiger partial charge is 0.305 e. The zero-order valence-corrected chi connectivity index (χ0v) is 13.4. The van der Waals surface area contributed by atoms with Gasteiger partial charge in [0.05, 0.1) is 12.0 Å². The van der Waals surface area contributed by atoms with Gasteiger partial charge in [-0.05, 0) is 41.1 Å². The van der Waals surface area contributed by atoms with Crippen LogP contribution in [0.3, 0.4) is 0 Å². The first kappa shape index (κ1) is 18.1. The number of rotatable bonds is 7. The molecule has 0 aromatic heterocycles. The number of carboxylic acids is 1. The molecule has 2 amide bonds. The molecule has 6 nitrogen and oxygen atoms in total. The molecule has 1 atom stereocenters. The standard InChI is InChI=1S/C14H16BrFN2O4/c1-8(6-13(20)21)18-12(19)4-5-17-14(22)10-7-9(16)2-3-11(10)15/h2-3,7-8H,4-6H2,1H3,(H,17,22)(H,18,19)(H,20,21). The van der Waals surface area contributed by atoms with Crippen LogP contribution in [0, 0.1) is 5.82 Å². The van der Waals surface area contributed by atoms with E-state index in [4.69, 9.17) is 5.11 Å². The minimum Gasteiger partial charge on any atom is -0.481 e. The molecule has 120 valence electrons. The molecule has 1 aromatic rings. The fourth-order valence-corrected chi connectivity index (χ4v) is 2.14. The zero-order valence-electron chi connectivity index (χ0n) is 11.9. The van der Waals surface area contributed by atoms with Gasteiger partial charge in [-0.2, -0.15) is 0 Å². The van der Waals surface area contributed by atoms with Gasteiger partial charge in [-0.15, -0.1) is 0 Å². The predicted molar refractivity (Wildman–Crippen MR) is 80.9 cm³/mol. The number of carbonyl (C=O) groups excluding carboxylic acids is 2. The second-order valence-corrected chi connectivity index (χ2v) is 5.55. The lowest BCUT2D eigenvalue weighted by molar-refractivity contribution is -0.137. The van der Waals surface area contributed by atoms with Crippen LogP contribution in [0.25, 0.3) is 0 Å². The Labute approximate surface area is 135 Å². The number of carbonyl (C=O) groups is 3. The van der Waals surface area contributed by atoms with Crippen molar-refractivity contribution in [2.75, 3.05) is 6.54 Å². The largest absolute Gasteiger partial charge is 0.481 e. The predicted octanol–water partition coefficient (Wildman–Crippen LogP) is 1.69. The first-order valence-electron chi connectivity index (χ1n) is 6.54. The van der Waals surface area contributed by atoms with Gasteiger partial charge < -0.3 is 15.7 Å². The third-order valence-corrected chi connectivity index (χ3v) is 3.39. The van der Waals surface area contributed by atoms with Gasteiger partial charge in [-0.3, -0.25) is 14.4 Å². The summed E-state index contributed by atoms with van der Waals surface area (Å²) >= 11 is 3.15. The van der Waals surface area contributed by atoms with Crippen LogP contribution >= 0.6 is 15.9 Å². The van der Waals surface area contributed by atoms with Crippen molar-refractivity contribution >= 4 is 33.7 Å². The van der Waals surface area contributed by atoms with Gasteiger partial charge in [0.2, 0.25) is 5.91 Å². The summed E-state index contributed by atoms with van der Waals surface area (Å²) in [6.07, 6.45) is -0.170. The van der Waals surface area contributed by atoms with Crippen molar-refractivity contribution in [1.82, 2.24) is 10.6 Å². The maximum Gasteiger partial charge on any atom is 0.305 e. The first-order chi connectivity index (χ1) is 10.3. The van der Waals surface area contributed by atoms with Crippen LogP contribution < -0.4 is 10.6 Å². The van der Waals surface area contributed by atoms with Crippen molar-refractivity contribution < 1.29 is 23.9 Å². The molecule has 8 heteroatoms. The van der Waals surface area contributed by atoms with Crippen molar-refractivity contribution in [3.8, 4) is 0 Å². The van der Waals surface area contributed by atoms with Gasteiger partial charge in [0.25, 0.3) is 5.91 Å². The van der Waals surface area contributed by atoms with Crippen LogP contribution in [0.4, 0.5) is 4.39 Å². The summed E-state index contributed by atoms with van der Waals surface area (Å²) in [5.74, 6) is -2.41.